The van der Waals surface area contributed by atoms with Crippen molar-refractivity contribution in [3.63, 3.8) is 0 Å². The van der Waals surface area contributed by atoms with Gasteiger partial charge in [-0.3, -0.25) is 20.5 Å². The SMILES string of the molecule is C=C/C=C\c1c(C)c2cc3c4ccccc4n(C4=CC=C(C5NC(c6ccc(-c7ccccc7)cc6)NC(c6cccc7ccccc67)N5)CN4)c3cc2n1-c1ccccc1. The molecule has 2 aliphatic rings. The van der Waals surface area contributed by atoms with Crippen LogP contribution in [0.3, 0.4) is 0 Å². The molecule has 3 unspecified atom stereocenters. The molecule has 0 spiro atoms. The molecule has 1 fully saturated rings. The van der Waals surface area contributed by atoms with E-state index in [4.69, 9.17) is 0 Å². The number of aryl methyl sites for hydroxylation is 1. The zero-order valence-electron chi connectivity index (χ0n) is 34.0. The number of fused-ring (bicyclic) bond motifs is 5. The molecule has 9 aromatic rings. The lowest BCUT2D eigenvalue weighted by Gasteiger charge is -2.41. The Morgan fingerprint density at radius 2 is 1.23 bits per heavy atom. The molecule has 2 aliphatic heterocycles. The molecular formula is C55H46N6. The van der Waals surface area contributed by atoms with Crippen LogP contribution in [0, 0.1) is 6.92 Å². The van der Waals surface area contributed by atoms with Gasteiger partial charge in [-0.05, 0) is 93.6 Å². The quantitative estimate of drug-likeness (QED) is 0.116. The zero-order valence-corrected chi connectivity index (χ0v) is 34.0. The summed E-state index contributed by atoms with van der Waals surface area (Å²) in [6.07, 6.45) is 10.3. The van der Waals surface area contributed by atoms with Gasteiger partial charge in [-0.2, -0.15) is 0 Å². The van der Waals surface area contributed by atoms with Gasteiger partial charge in [0.25, 0.3) is 0 Å². The van der Waals surface area contributed by atoms with Gasteiger partial charge < -0.3 is 9.88 Å². The smallest absolute Gasteiger partial charge is 0.111 e. The summed E-state index contributed by atoms with van der Waals surface area (Å²) < 4.78 is 4.77. The van der Waals surface area contributed by atoms with Crippen LogP contribution in [0.4, 0.5) is 0 Å². The third-order valence-corrected chi connectivity index (χ3v) is 12.5. The fourth-order valence-corrected chi connectivity index (χ4v) is 9.48. The average molecular weight is 791 g/mol. The third kappa shape index (κ3) is 6.49. The molecule has 0 aliphatic carbocycles. The molecule has 4 N–H and O–H groups in total. The molecule has 3 atom stereocenters. The highest BCUT2D eigenvalue weighted by Crippen LogP contribution is 2.39. The third-order valence-electron chi connectivity index (χ3n) is 12.5. The Morgan fingerprint density at radius 1 is 0.557 bits per heavy atom. The van der Waals surface area contributed by atoms with Crippen molar-refractivity contribution in [3.05, 3.63) is 223 Å². The zero-order chi connectivity index (χ0) is 40.9. The Labute approximate surface area is 355 Å². The second-order valence-electron chi connectivity index (χ2n) is 16.0. The highest BCUT2D eigenvalue weighted by Gasteiger charge is 2.32. The molecule has 0 bridgehead atoms. The molecule has 11 rings (SSSR count). The van der Waals surface area contributed by atoms with Gasteiger partial charge in [-0.1, -0.05) is 158 Å². The number of benzene rings is 7. The van der Waals surface area contributed by atoms with Gasteiger partial charge in [0.15, 0.2) is 0 Å². The largest absolute Gasteiger partial charge is 0.367 e. The van der Waals surface area contributed by atoms with Crippen molar-refractivity contribution in [1.29, 1.82) is 0 Å². The van der Waals surface area contributed by atoms with E-state index in [-0.39, 0.29) is 18.5 Å². The van der Waals surface area contributed by atoms with Crippen LogP contribution in [0.1, 0.15) is 34.7 Å². The molecule has 61 heavy (non-hydrogen) atoms. The lowest BCUT2D eigenvalue weighted by molar-refractivity contribution is 0.221. The van der Waals surface area contributed by atoms with E-state index in [0.29, 0.717) is 6.54 Å². The van der Waals surface area contributed by atoms with Gasteiger partial charge in [0, 0.05) is 34.1 Å². The molecule has 296 valence electrons. The Balaban J connectivity index is 1.00. The standard InChI is InChI=1S/C55H46N6/c1-3-4-25-48-36(2)46-33-47-44-23-13-14-26-49(44)61(51(47)34-50(46)60(48)42-20-9-6-10-21-42)52-32-31-41(35-56-52)54-57-53(40-29-27-38(28-30-40)37-16-7-5-8-17-37)58-55(59-54)45-24-15-19-39-18-11-12-22-43(39)45/h3-34,53-59H,1,35H2,2H3/b25-4-. The van der Waals surface area contributed by atoms with E-state index in [1.165, 1.54) is 71.4 Å². The summed E-state index contributed by atoms with van der Waals surface area (Å²) in [6.45, 7) is 6.86. The summed E-state index contributed by atoms with van der Waals surface area (Å²) in [7, 11) is 0. The molecule has 6 nitrogen and oxygen atoms in total. The fourth-order valence-electron chi connectivity index (χ4n) is 9.48. The first-order chi connectivity index (χ1) is 30.1. The van der Waals surface area contributed by atoms with E-state index in [9.17, 15) is 0 Å². The molecule has 0 radical (unpaired) electrons. The summed E-state index contributed by atoms with van der Waals surface area (Å²) in [4.78, 5) is 0. The highest BCUT2D eigenvalue weighted by atomic mass is 15.4. The van der Waals surface area contributed by atoms with Gasteiger partial charge in [0.05, 0.1) is 35.0 Å². The number of hydrogen-bond donors (Lipinski definition) is 4. The van der Waals surface area contributed by atoms with Gasteiger partial charge in [0.1, 0.15) is 5.82 Å². The highest BCUT2D eigenvalue weighted by molar-refractivity contribution is 6.15. The van der Waals surface area contributed by atoms with Crippen molar-refractivity contribution in [2.45, 2.75) is 25.4 Å². The van der Waals surface area contributed by atoms with Crippen molar-refractivity contribution in [2.75, 3.05) is 6.54 Å². The Morgan fingerprint density at radius 3 is 2.02 bits per heavy atom. The van der Waals surface area contributed by atoms with Crippen molar-refractivity contribution < 1.29 is 0 Å². The topological polar surface area (TPSA) is 58.0 Å². The first kappa shape index (κ1) is 36.8. The van der Waals surface area contributed by atoms with Crippen LogP contribution < -0.4 is 21.3 Å². The van der Waals surface area contributed by atoms with Gasteiger partial charge in [-0.15, -0.1) is 0 Å². The first-order valence-corrected chi connectivity index (χ1v) is 21.1. The minimum atomic E-state index is -0.105. The second-order valence-corrected chi connectivity index (χ2v) is 16.0. The summed E-state index contributed by atoms with van der Waals surface area (Å²) in [5.74, 6) is 1.04. The van der Waals surface area contributed by atoms with Crippen LogP contribution in [0.25, 0.3) is 72.2 Å². The second kappa shape index (κ2) is 15.4. The molecule has 0 saturated carbocycles. The Kier molecular flexibility index (Phi) is 9.31. The summed E-state index contributed by atoms with van der Waals surface area (Å²) >= 11 is 0. The number of rotatable bonds is 8. The van der Waals surface area contributed by atoms with Gasteiger partial charge in [0.2, 0.25) is 0 Å². The monoisotopic (exact) mass is 790 g/mol. The normalized spacial score (nSPS) is 18.1. The van der Waals surface area contributed by atoms with E-state index in [1.54, 1.807) is 0 Å². The predicted molar refractivity (Wildman–Crippen MR) is 255 cm³/mol. The molecule has 7 aromatic carbocycles. The molecule has 2 aromatic heterocycles. The number of aromatic nitrogens is 2. The van der Waals surface area contributed by atoms with E-state index in [1.807, 2.05) is 12.2 Å². The number of nitrogens with zero attached hydrogens (tertiary/aromatic N) is 2. The predicted octanol–water partition coefficient (Wildman–Crippen LogP) is 11.9. The fraction of sp³-hybridized carbons (Fsp3) is 0.0909. The minimum absolute atomic E-state index is 0.0957. The van der Waals surface area contributed by atoms with Gasteiger partial charge in [-0.25, -0.2) is 0 Å². The first-order valence-electron chi connectivity index (χ1n) is 21.1. The maximum Gasteiger partial charge on any atom is 0.111 e. The summed E-state index contributed by atoms with van der Waals surface area (Å²) in [5.41, 5.74) is 13.1. The number of nitrogens with one attached hydrogen (secondary N) is 4. The van der Waals surface area contributed by atoms with Crippen molar-refractivity contribution >= 4 is 55.4 Å². The van der Waals surface area contributed by atoms with Crippen LogP contribution in [0.15, 0.2) is 200 Å². The van der Waals surface area contributed by atoms with Crippen LogP contribution in [-0.2, 0) is 0 Å². The van der Waals surface area contributed by atoms with Crippen molar-refractivity contribution in [3.8, 4) is 16.8 Å². The maximum atomic E-state index is 3.96. The van der Waals surface area contributed by atoms with Crippen molar-refractivity contribution in [1.82, 2.24) is 30.4 Å². The Bertz CT molecular complexity index is 3200. The number of allylic oxidation sites excluding steroid dienone is 4. The Hall–Kier alpha value is -7.22. The molecule has 4 heterocycles. The van der Waals surface area contributed by atoms with E-state index in [2.05, 4.69) is 226 Å². The summed E-state index contributed by atoms with van der Waals surface area (Å²) in [5, 5.41) is 21.9. The van der Waals surface area contributed by atoms with Crippen LogP contribution in [0.5, 0.6) is 0 Å². The van der Waals surface area contributed by atoms with E-state index in [0.717, 1.165) is 22.7 Å². The van der Waals surface area contributed by atoms with Crippen LogP contribution >= 0.6 is 0 Å². The number of dihydropyridines is 1. The van der Waals surface area contributed by atoms with E-state index >= 15 is 0 Å². The van der Waals surface area contributed by atoms with Crippen molar-refractivity contribution in [2.24, 2.45) is 0 Å². The molecular weight excluding hydrogens is 745 g/mol. The molecule has 0 amide bonds. The number of para-hydroxylation sites is 2. The summed E-state index contributed by atoms with van der Waals surface area (Å²) in [6, 6.07) is 58.9. The molecule has 1 saturated heterocycles. The molecule has 6 heteroatoms. The van der Waals surface area contributed by atoms with Crippen LogP contribution in [-0.4, -0.2) is 21.8 Å². The minimum Gasteiger partial charge on any atom is -0.367 e. The maximum absolute atomic E-state index is 3.96. The van der Waals surface area contributed by atoms with Crippen LogP contribution in [0.2, 0.25) is 0 Å². The van der Waals surface area contributed by atoms with E-state index < -0.39 is 0 Å². The lowest BCUT2D eigenvalue weighted by Crippen LogP contribution is -2.60. The average Bonchev–Trinajstić information content (AvgIpc) is 3.80. The van der Waals surface area contributed by atoms with Gasteiger partial charge >= 0.3 is 0 Å². The lowest BCUT2D eigenvalue weighted by atomic mass is 9.98. The number of hydrogen-bond acceptors (Lipinski definition) is 4.